The Morgan fingerprint density at radius 3 is 3.00 bits per heavy atom. The molecule has 0 saturated heterocycles. The number of ether oxygens (including phenoxy) is 1. The smallest absolute Gasteiger partial charge is 0.197 e. The third kappa shape index (κ3) is 3.03. The number of hydrogen-bond acceptors (Lipinski definition) is 5. The molecule has 0 radical (unpaired) electrons. The van der Waals surface area contributed by atoms with Crippen molar-refractivity contribution in [3.63, 3.8) is 0 Å². The predicted octanol–water partition coefficient (Wildman–Crippen LogP) is 3.11. The highest BCUT2D eigenvalue weighted by Gasteiger charge is 2.37. The van der Waals surface area contributed by atoms with Crippen molar-refractivity contribution in [3.05, 3.63) is 0 Å². The molecule has 3 N–H and O–H groups in total. The second-order valence-electron chi connectivity index (χ2n) is 4.93. The fourth-order valence-corrected chi connectivity index (χ4v) is 2.73. The van der Waals surface area contributed by atoms with Crippen LogP contribution in [0.15, 0.2) is 0 Å². The molecule has 2 rings (SSSR count). The standard InChI is InChI=1S/C12H21N3OS/c1-4-5-8-6-9(8)14-12-10(16-7(2)3)11(13)15-17-12/h7-9,14H,4-6H2,1-3H3,(H2,13,15). The highest BCUT2D eigenvalue weighted by Crippen LogP contribution is 2.42. The van der Waals surface area contributed by atoms with Crippen molar-refractivity contribution in [1.29, 1.82) is 0 Å². The van der Waals surface area contributed by atoms with Gasteiger partial charge in [-0.1, -0.05) is 13.3 Å². The van der Waals surface area contributed by atoms with Gasteiger partial charge < -0.3 is 15.8 Å². The van der Waals surface area contributed by atoms with E-state index in [0.717, 1.165) is 16.7 Å². The van der Waals surface area contributed by atoms with Crippen LogP contribution >= 0.6 is 11.5 Å². The first-order valence-corrected chi connectivity index (χ1v) is 7.07. The number of rotatable bonds is 6. The first-order chi connectivity index (χ1) is 8.11. The summed E-state index contributed by atoms with van der Waals surface area (Å²) in [7, 11) is 0. The van der Waals surface area contributed by atoms with E-state index in [1.54, 1.807) is 0 Å². The second kappa shape index (κ2) is 5.12. The van der Waals surface area contributed by atoms with Crippen LogP contribution < -0.4 is 15.8 Å². The first-order valence-electron chi connectivity index (χ1n) is 6.30. The molecule has 1 fully saturated rings. The van der Waals surface area contributed by atoms with E-state index in [1.165, 1.54) is 30.8 Å². The zero-order valence-electron chi connectivity index (χ0n) is 10.7. The largest absolute Gasteiger partial charge is 0.484 e. The van der Waals surface area contributed by atoms with E-state index in [2.05, 4.69) is 16.6 Å². The summed E-state index contributed by atoms with van der Waals surface area (Å²) >= 11 is 1.40. The van der Waals surface area contributed by atoms with Gasteiger partial charge in [-0.3, -0.25) is 0 Å². The van der Waals surface area contributed by atoms with Crippen molar-refractivity contribution in [3.8, 4) is 5.75 Å². The van der Waals surface area contributed by atoms with E-state index in [9.17, 15) is 0 Å². The number of nitrogen functional groups attached to an aromatic ring is 1. The Bertz CT molecular complexity index is 378. The van der Waals surface area contributed by atoms with Gasteiger partial charge in [0.15, 0.2) is 16.6 Å². The van der Waals surface area contributed by atoms with E-state index in [1.807, 2.05) is 13.8 Å². The minimum Gasteiger partial charge on any atom is -0.484 e. The maximum Gasteiger partial charge on any atom is 0.197 e. The normalized spacial score (nSPS) is 22.8. The summed E-state index contributed by atoms with van der Waals surface area (Å²) < 4.78 is 9.85. The van der Waals surface area contributed by atoms with Crippen LogP contribution in [0.5, 0.6) is 5.75 Å². The summed E-state index contributed by atoms with van der Waals surface area (Å²) in [5, 5.41) is 4.48. The molecule has 0 aliphatic heterocycles. The predicted molar refractivity (Wildman–Crippen MR) is 72.7 cm³/mol. The molecule has 1 aliphatic carbocycles. The lowest BCUT2D eigenvalue weighted by Crippen LogP contribution is -2.10. The van der Waals surface area contributed by atoms with Gasteiger partial charge in [-0.25, -0.2) is 0 Å². The number of hydrogen-bond donors (Lipinski definition) is 2. The molecular formula is C12H21N3OS. The summed E-state index contributed by atoms with van der Waals surface area (Å²) in [6.45, 7) is 6.23. The molecule has 17 heavy (non-hydrogen) atoms. The summed E-state index contributed by atoms with van der Waals surface area (Å²) in [6.07, 6.45) is 3.93. The van der Waals surface area contributed by atoms with Crippen molar-refractivity contribution < 1.29 is 4.74 Å². The zero-order chi connectivity index (χ0) is 12.4. The van der Waals surface area contributed by atoms with Crippen LogP contribution in [-0.2, 0) is 0 Å². The molecule has 1 saturated carbocycles. The lowest BCUT2D eigenvalue weighted by molar-refractivity contribution is 0.245. The third-order valence-electron chi connectivity index (χ3n) is 2.93. The zero-order valence-corrected chi connectivity index (χ0v) is 11.5. The van der Waals surface area contributed by atoms with Gasteiger partial charge in [-0.15, -0.1) is 0 Å². The van der Waals surface area contributed by atoms with Gasteiger partial charge in [0, 0.05) is 6.04 Å². The molecule has 1 aromatic rings. The molecule has 1 aliphatic rings. The van der Waals surface area contributed by atoms with Crippen LogP contribution in [0.3, 0.4) is 0 Å². The lowest BCUT2D eigenvalue weighted by atomic mass is 10.2. The van der Waals surface area contributed by atoms with Crippen LogP contribution in [0.25, 0.3) is 0 Å². The molecule has 5 heteroatoms. The van der Waals surface area contributed by atoms with Gasteiger partial charge in [0.25, 0.3) is 0 Å². The van der Waals surface area contributed by atoms with Gasteiger partial charge in [0.05, 0.1) is 6.10 Å². The Labute approximate surface area is 107 Å². The Morgan fingerprint density at radius 1 is 1.59 bits per heavy atom. The minimum atomic E-state index is 0.125. The summed E-state index contributed by atoms with van der Waals surface area (Å²) in [5.74, 6) is 2.04. The Balaban J connectivity index is 1.97. The van der Waals surface area contributed by atoms with Crippen LogP contribution in [0.2, 0.25) is 0 Å². The molecule has 2 atom stereocenters. The average Bonchev–Trinajstić information content (AvgIpc) is 2.90. The van der Waals surface area contributed by atoms with Crippen LogP contribution in [0, 0.1) is 5.92 Å². The Hall–Kier alpha value is -0.970. The molecular weight excluding hydrogens is 234 g/mol. The molecule has 96 valence electrons. The van der Waals surface area contributed by atoms with E-state index < -0.39 is 0 Å². The van der Waals surface area contributed by atoms with E-state index in [0.29, 0.717) is 11.9 Å². The topological polar surface area (TPSA) is 60.2 Å². The van der Waals surface area contributed by atoms with E-state index in [4.69, 9.17) is 10.5 Å². The average molecular weight is 255 g/mol. The Kier molecular flexibility index (Phi) is 3.76. The third-order valence-corrected chi connectivity index (χ3v) is 3.70. The molecule has 1 heterocycles. The SMILES string of the molecule is CCCC1CC1Nc1snc(N)c1OC(C)C. The number of nitrogens with zero attached hydrogens (tertiary/aromatic N) is 1. The molecule has 4 nitrogen and oxygen atoms in total. The lowest BCUT2D eigenvalue weighted by Gasteiger charge is -2.11. The highest BCUT2D eigenvalue weighted by molar-refractivity contribution is 7.11. The maximum absolute atomic E-state index is 5.81. The van der Waals surface area contributed by atoms with Gasteiger partial charge >= 0.3 is 0 Å². The minimum absolute atomic E-state index is 0.125. The van der Waals surface area contributed by atoms with Crippen molar-refractivity contribution in [1.82, 2.24) is 4.37 Å². The second-order valence-corrected chi connectivity index (χ2v) is 5.70. The number of nitrogens with two attached hydrogens (primary N) is 1. The molecule has 2 unspecified atom stereocenters. The van der Waals surface area contributed by atoms with Gasteiger partial charge in [0.1, 0.15) is 0 Å². The first kappa shape index (κ1) is 12.5. The summed E-state index contributed by atoms with van der Waals surface area (Å²) in [4.78, 5) is 0. The van der Waals surface area contributed by atoms with Crippen molar-refractivity contribution in [2.45, 2.75) is 52.2 Å². The van der Waals surface area contributed by atoms with Gasteiger partial charge in [-0.05, 0) is 44.1 Å². The van der Waals surface area contributed by atoms with Crippen molar-refractivity contribution >= 4 is 22.4 Å². The fraction of sp³-hybridized carbons (Fsp3) is 0.750. The van der Waals surface area contributed by atoms with Gasteiger partial charge in [-0.2, -0.15) is 4.37 Å². The van der Waals surface area contributed by atoms with E-state index in [-0.39, 0.29) is 6.10 Å². The molecule has 0 amide bonds. The quantitative estimate of drug-likeness (QED) is 0.820. The molecule has 0 aromatic carbocycles. The Morgan fingerprint density at radius 2 is 2.35 bits per heavy atom. The fourth-order valence-electron chi connectivity index (χ4n) is 2.02. The summed E-state index contributed by atoms with van der Waals surface area (Å²) in [6, 6.07) is 0.587. The van der Waals surface area contributed by atoms with Crippen LogP contribution in [0.4, 0.5) is 10.8 Å². The van der Waals surface area contributed by atoms with Crippen LogP contribution in [0.1, 0.15) is 40.0 Å². The maximum atomic E-state index is 5.81. The molecule has 1 aromatic heterocycles. The van der Waals surface area contributed by atoms with Crippen molar-refractivity contribution in [2.24, 2.45) is 5.92 Å². The monoisotopic (exact) mass is 255 g/mol. The van der Waals surface area contributed by atoms with E-state index >= 15 is 0 Å². The molecule has 0 bridgehead atoms. The summed E-state index contributed by atoms with van der Waals surface area (Å²) in [5.41, 5.74) is 5.81. The van der Waals surface area contributed by atoms with Gasteiger partial charge in [0.2, 0.25) is 0 Å². The van der Waals surface area contributed by atoms with Crippen molar-refractivity contribution in [2.75, 3.05) is 11.1 Å². The molecule has 0 spiro atoms. The van der Waals surface area contributed by atoms with Crippen LogP contribution in [-0.4, -0.2) is 16.5 Å². The highest BCUT2D eigenvalue weighted by atomic mass is 32.1. The number of anilines is 2. The number of nitrogens with one attached hydrogen (secondary N) is 1. The number of aromatic nitrogens is 1.